The van der Waals surface area contributed by atoms with Gasteiger partial charge in [0.25, 0.3) is 0 Å². The molecule has 3 rings (SSSR count). The number of furan rings is 1. The Hall–Kier alpha value is -1.63. The van der Waals surface area contributed by atoms with Gasteiger partial charge in [0.1, 0.15) is 11.5 Å². The second-order valence-electron chi connectivity index (χ2n) is 5.81. The lowest BCUT2D eigenvalue weighted by Gasteiger charge is -2.32. The van der Waals surface area contributed by atoms with Gasteiger partial charge >= 0.3 is 0 Å². The lowest BCUT2D eigenvalue weighted by molar-refractivity contribution is 0.0203. The maximum absolute atomic E-state index is 5.67. The van der Waals surface area contributed by atoms with Crippen molar-refractivity contribution in [2.45, 2.75) is 26.4 Å². The van der Waals surface area contributed by atoms with Crippen LogP contribution in [0.4, 0.5) is 0 Å². The van der Waals surface area contributed by atoms with E-state index in [4.69, 9.17) is 9.15 Å². The first-order valence-electron chi connectivity index (χ1n) is 7.85. The third kappa shape index (κ3) is 3.58. The summed E-state index contributed by atoms with van der Waals surface area (Å²) in [5.41, 5.74) is 2.09. The van der Waals surface area contributed by atoms with E-state index in [-0.39, 0.29) is 0 Å². The first-order valence-corrected chi connectivity index (χ1v) is 7.85. The van der Waals surface area contributed by atoms with Crippen molar-refractivity contribution in [2.75, 3.05) is 32.8 Å². The number of aryl methyl sites for hydroxylation is 1. The molecule has 6 nitrogen and oxygen atoms in total. The molecule has 0 saturated carbocycles. The van der Waals surface area contributed by atoms with Crippen LogP contribution < -0.4 is 5.32 Å². The van der Waals surface area contributed by atoms with E-state index in [9.17, 15) is 0 Å². The third-order valence-corrected chi connectivity index (χ3v) is 4.13. The Balaban J connectivity index is 1.53. The number of aromatic nitrogens is 2. The number of rotatable bonds is 6. The molecule has 1 aliphatic heterocycles. The Morgan fingerprint density at radius 1 is 1.36 bits per heavy atom. The van der Waals surface area contributed by atoms with Gasteiger partial charge in [0.15, 0.2) is 5.76 Å². The molecule has 22 heavy (non-hydrogen) atoms. The summed E-state index contributed by atoms with van der Waals surface area (Å²) in [6.45, 7) is 9.65. The van der Waals surface area contributed by atoms with Crippen LogP contribution >= 0.6 is 0 Å². The Labute approximate surface area is 130 Å². The van der Waals surface area contributed by atoms with Gasteiger partial charge in [0.05, 0.1) is 19.4 Å². The zero-order valence-electron chi connectivity index (χ0n) is 13.3. The minimum Gasteiger partial charge on any atom is -0.460 e. The average Bonchev–Trinajstić information content (AvgIpc) is 3.16. The molecular formula is C16H24N4O2. The summed E-state index contributed by atoms with van der Waals surface area (Å²) in [5.74, 6) is 1.75. The standard InChI is InChI=1S/C16H24N4O2/c1-12(20-5-7-21-8-6-20)9-17-10-14-11-18-19-16(14)15-4-3-13(2)22-15/h3-4,11-12,17H,5-10H2,1-2H3,(H,18,19). The molecule has 2 N–H and O–H groups in total. The van der Waals surface area contributed by atoms with Crippen molar-refractivity contribution >= 4 is 0 Å². The SMILES string of the molecule is Cc1ccc(-c2[nH]ncc2CNCC(C)N2CCOCC2)o1. The van der Waals surface area contributed by atoms with Crippen LogP contribution in [0.2, 0.25) is 0 Å². The summed E-state index contributed by atoms with van der Waals surface area (Å²) in [7, 11) is 0. The van der Waals surface area contributed by atoms with Crippen LogP contribution in [0.5, 0.6) is 0 Å². The fourth-order valence-corrected chi connectivity index (χ4v) is 2.79. The molecule has 6 heteroatoms. The number of morpholine rings is 1. The van der Waals surface area contributed by atoms with Crippen LogP contribution in [-0.4, -0.2) is 54.0 Å². The summed E-state index contributed by atoms with van der Waals surface area (Å²) in [4.78, 5) is 2.46. The summed E-state index contributed by atoms with van der Waals surface area (Å²) in [6, 6.07) is 4.45. The van der Waals surface area contributed by atoms with Gasteiger partial charge in [-0.3, -0.25) is 10.00 Å². The van der Waals surface area contributed by atoms with Crippen molar-refractivity contribution in [3.8, 4) is 11.5 Å². The zero-order valence-corrected chi connectivity index (χ0v) is 13.3. The van der Waals surface area contributed by atoms with E-state index in [1.165, 1.54) is 0 Å². The van der Waals surface area contributed by atoms with Gasteiger partial charge < -0.3 is 14.5 Å². The van der Waals surface area contributed by atoms with Crippen molar-refractivity contribution in [1.29, 1.82) is 0 Å². The summed E-state index contributed by atoms with van der Waals surface area (Å²) in [5, 5.41) is 10.7. The van der Waals surface area contributed by atoms with Crippen LogP contribution in [0.3, 0.4) is 0 Å². The molecule has 0 bridgehead atoms. The number of nitrogens with zero attached hydrogens (tertiary/aromatic N) is 2. The number of H-pyrrole nitrogens is 1. The number of hydrogen-bond donors (Lipinski definition) is 2. The highest BCUT2D eigenvalue weighted by atomic mass is 16.5. The fraction of sp³-hybridized carbons (Fsp3) is 0.562. The van der Waals surface area contributed by atoms with Gasteiger partial charge in [-0.15, -0.1) is 0 Å². The van der Waals surface area contributed by atoms with E-state index in [0.29, 0.717) is 6.04 Å². The Kier molecular flexibility index (Phi) is 4.92. The predicted molar refractivity (Wildman–Crippen MR) is 84.6 cm³/mol. The Bertz CT molecular complexity index is 586. The highest BCUT2D eigenvalue weighted by molar-refractivity contribution is 5.56. The van der Waals surface area contributed by atoms with Crippen LogP contribution in [0.1, 0.15) is 18.2 Å². The zero-order chi connectivity index (χ0) is 15.4. The maximum atomic E-state index is 5.67. The van der Waals surface area contributed by atoms with Crippen LogP contribution in [-0.2, 0) is 11.3 Å². The highest BCUT2D eigenvalue weighted by Crippen LogP contribution is 2.23. The average molecular weight is 304 g/mol. The van der Waals surface area contributed by atoms with E-state index >= 15 is 0 Å². The third-order valence-electron chi connectivity index (χ3n) is 4.13. The number of hydrogen-bond acceptors (Lipinski definition) is 5. The normalized spacial score (nSPS) is 17.7. The van der Waals surface area contributed by atoms with Crippen LogP contribution in [0, 0.1) is 6.92 Å². The smallest absolute Gasteiger partial charge is 0.152 e. The monoisotopic (exact) mass is 304 g/mol. The Morgan fingerprint density at radius 3 is 2.91 bits per heavy atom. The van der Waals surface area contributed by atoms with E-state index in [2.05, 4.69) is 27.3 Å². The van der Waals surface area contributed by atoms with Gasteiger partial charge in [0, 0.05) is 37.8 Å². The molecule has 1 atom stereocenters. The quantitative estimate of drug-likeness (QED) is 0.852. The predicted octanol–water partition coefficient (Wildman–Crippen LogP) is 1.79. The van der Waals surface area contributed by atoms with Gasteiger partial charge in [-0.2, -0.15) is 5.10 Å². The molecule has 0 amide bonds. The van der Waals surface area contributed by atoms with Gasteiger partial charge in [-0.25, -0.2) is 0 Å². The number of nitrogens with one attached hydrogen (secondary N) is 2. The lowest BCUT2D eigenvalue weighted by atomic mass is 10.2. The first kappa shape index (κ1) is 15.3. The van der Waals surface area contributed by atoms with Gasteiger partial charge in [0.2, 0.25) is 0 Å². The fourth-order valence-electron chi connectivity index (χ4n) is 2.79. The molecule has 2 aromatic heterocycles. The molecule has 0 aromatic carbocycles. The van der Waals surface area contributed by atoms with Crippen molar-refractivity contribution in [3.05, 3.63) is 29.7 Å². The number of aromatic amines is 1. The number of ether oxygens (including phenoxy) is 1. The molecule has 3 heterocycles. The summed E-state index contributed by atoms with van der Waals surface area (Å²) < 4.78 is 11.1. The molecule has 0 radical (unpaired) electrons. The largest absolute Gasteiger partial charge is 0.460 e. The second kappa shape index (κ2) is 7.09. The maximum Gasteiger partial charge on any atom is 0.152 e. The molecular weight excluding hydrogens is 280 g/mol. The van der Waals surface area contributed by atoms with Crippen LogP contribution in [0.15, 0.2) is 22.7 Å². The first-order chi connectivity index (χ1) is 10.7. The second-order valence-corrected chi connectivity index (χ2v) is 5.81. The molecule has 1 unspecified atom stereocenters. The lowest BCUT2D eigenvalue weighted by Crippen LogP contribution is -2.46. The molecule has 2 aromatic rings. The van der Waals surface area contributed by atoms with Crippen molar-refractivity contribution < 1.29 is 9.15 Å². The van der Waals surface area contributed by atoms with Gasteiger partial charge in [-0.05, 0) is 26.0 Å². The molecule has 0 spiro atoms. The molecule has 0 aliphatic carbocycles. The Morgan fingerprint density at radius 2 is 2.18 bits per heavy atom. The van der Waals surface area contributed by atoms with E-state index < -0.39 is 0 Å². The van der Waals surface area contributed by atoms with E-state index in [0.717, 1.165) is 62.2 Å². The van der Waals surface area contributed by atoms with Crippen LogP contribution in [0.25, 0.3) is 11.5 Å². The van der Waals surface area contributed by atoms with Crippen molar-refractivity contribution in [3.63, 3.8) is 0 Å². The van der Waals surface area contributed by atoms with Gasteiger partial charge in [-0.1, -0.05) is 0 Å². The van der Waals surface area contributed by atoms with E-state index in [1.54, 1.807) is 0 Å². The van der Waals surface area contributed by atoms with E-state index in [1.807, 2.05) is 25.3 Å². The van der Waals surface area contributed by atoms with Crippen molar-refractivity contribution in [1.82, 2.24) is 20.4 Å². The summed E-state index contributed by atoms with van der Waals surface area (Å²) in [6.07, 6.45) is 1.86. The molecule has 1 fully saturated rings. The molecule has 1 saturated heterocycles. The molecule has 120 valence electrons. The minimum atomic E-state index is 0.505. The minimum absolute atomic E-state index is 0.505. The van der Waals surface area contributed by atoms with Crippen molar-refractivity contribution in [2.24, 2.45) is 0 Å². The highest BCUT2D eigenvalue weighted by Gasteiger charge is 2.17. The molecule has 1 aliphatic rings. The summed E-state index contributed by atoms with van der Waals surface area (Å²) >= 11 is 0. The topological polar surface area (TPSA) is 66.3 Å².